The van der Waals surface area contributed by atoms with Crippen molar-refractivity contribution in [2.75, 3.05) is 0 Å². The predicted molar refractivity (Wildman–Crippen MR) is 229 cm³/mol. The van der Waals surface area contributed by atoms with Gasteiger partial charge in [-0.25, -0.2) is 15.0 Å². The number of benzene rings is 9. The second kappa shape index (κ2) is 11.9. The lowest BCUT2D eigenvalue weighted by Gasteiger charge is -2.12. The van der Waals surface area contributed by atoms with Crippen LogP contribution in [-0.2, 0) is 0 Å². The molecule has 0 N–H and O–H groups in total. The Balaban J connectivity index is 1.09. The third kappa shape index (κ3) is 4.64. The summed E-state index contributed by atoms with van der Waals surface area (Å²) in [6.45, 7) is 0. The maximum Gasteiger partial charge on any atom is 0.164 e. The van der Waals surface area contributed by atoms with Crippen molar-refractivity contribution >= 4 is 76.2 Å². The Morgan fingerprint density at radius 3 is 1.68 bits per heavy atom. The number of aromatic nitrogens is 3. The molecule has 3 heterocycles. The normalized spacial score (nSPS) is 11.9. The first-order valence-corrected chi connectivity index (χ1v) is 18.8. The Hall–Kier alpha value is -7.63. The van der Waals surface area contributed by atoms with Crippen molar-refractivity contribution < 1.29 is 8.83 Å². The number of fused-ring (bicyclic) bond motifs is 13. The van der Waals surface area contributed by atoms with Crippen LogP contribution in [0.15, 0.2) is 185 Å². The van der Waals surface area contributed by atoms with E-state index in [1.165, 1.54) is 16.2 Å². The molecule has 0 saturated carbocycles. The monoisotopic (exact) mass is 715 g/mol. The van der Waals surface area contributed by atoms with Crippen molar-refractivity contribution in [3.05, 3.63) is 176 Å². The molecule has 0 aliphatic carbocycles. The van der Waals surface area contributed by atoms with E-state index in [1.807, 2.05) is 48.5 Å². The van der Waals surface area contributed by atoms with E-state index in [4.69, 9.17) is 23.8 Å². The molecule has 0 spiro atoms. The van der Waals surface area contributed by atoms with Crippen LogP contribution in [0.1, 0.15) is 0 Å². The van der Waals surface area contributed by atoms with Crippen LogP contribution in [0.2, 0.25) is 0 Å². The van der Waals surface area contributed by atoms with E-state index in [-0.39, 0.29) is 0 Å². The summed E-state index contributed by atoms with van der Waals surface area (Å²) in [6, 6.07) is 60.9. The van der Waals surface area contributed by atoms with Crippen LogP contribution in [0.25, 0.3) is 121 Å². The number of nitrogens with zero attached hydrogens (tertiary/aromatic N) is 3. The van der Waals surface area contributed by atoms with Crippen LogP contribution < -0.4 is 0 Å². The van der Waals surface area contributed by atoms with Crippen LogP contribution in [0, 0.1) is 0 Å². The van der Waals surface area contributed by atoms with Crippen molar-refractivity contribution in [2.45, 2.75) is 0 Å². The van der Waals surface area contributed by atoms with Crippen LogP contribution in [0.5, 0.6) is 0 Å². The molecular weight excluding hydrogens is 687 g/mol. The van der Waals surface area contributed by atoms with Gasteiger partial charge in [0.05, 0.1) is 0 Å². The van der Waals surface area contributed by atoms with E-state index in [1.54, 1.807) is 0 Å². The number of para-hydroxylation sites is 2. The van der Waals surface area contributed by atoms with E-state index in [2.05, 4.69) is 127 Å². The third-order valence-electron chi connectivity index (χ3n) is 11.1. The van der Waals surface area contributed by atoms with E-state index in [9.17, 15) is 0 Å². The van der Waals surface area contributed by atoms with Gasteiger partial charge in [-0.2, -0.15) is 0 Å². The zero-order chi connectivity index (χ0) is 36.7. The van der Waals surface area contributed by atoms with Crippen molar-refractivity contribution in [1.82, 2.24) is 15.0 Å². The molecule has 0 atom stereocenters. The Bertz CT molecular complexity index is 3550. The highest BCUT2D eigenvalue weighted by atomic mass is 16.3. The highest BCUT2D eigenvalue weighted by Crippen LogP contribution is 2.44. The molecule has 5 heteroatoms. The highest BCUT2D eigenvalue weighted by Gasteiger charge is 2.20. The highest BCUT2D eigenvalue weighted by molar-refractivity contribution is 6.34. The number of hydrogen-bond donors (Lipinski definition) is 0. The van der Waals surface area contributed by atoms with Crippen molar-refractivity contribution in [3.8, 4) is 45.3 Å². The fraction of sp³-hybridized carbons (Fsp3) is 0. The van der Waals surface area contributed by atoms with Gasteiger partial charge in [0.2, 0.25) is 0 Å². The predicted octanol–water partition coefficient (Wildman–Crippen LogP) is 13.8. The molecule has 0 radical (unpaired) electrons. The fourth-order valence-corrected chi connectivity index (χ4v) is 8.55. The lowest BCUT2D eigenvalue weighted by Crippen LogP contribution is -2.00. The van der Waals surface area contributed by atoms with E-state index in [0.717, 1.165) is 87.9 Å². The standard InChI is InChI=1S/C51H29N3O2/c1-2-12-30(13-3-1)31-14-10-15-33(28-31)49-52-50(54-51(53-49)41-20-11-23-44-46(41)38-18-6-8-21-42(38)55-44)34-25-26-35-32(29-34)24-27-40-45(35)36-16-4-5-17-37(36)47-39-19-7-9-22-43(39)56-48(40)47/h1-29H. The maximum atomic E-state index is 6.58. The minimum Gasteiger partial charge on any atom is -0.456 e. The summed E-state index contributed by atoms with van der Waals surface area (Å²) >= 11 is 0. The first-order chi connectivity index (χ1) is 27.7. The van der Waals surface area contributed by atoms with E-state index < -0.39 is 0 Å². The van der Waals surface area contributed by atoms with Gasteiger partial charge >= 0.3 is 0 Å². The van der Waals surface area contributed by atoms with Crippen LogP contribution in [0.3, 0.4) is 0 Å². The van der Waals surface area contributed by atoms with Gasteiger partial charge < -0.3 is 8.83 Å². The van der Waals surface area contributed by atoms with Gasteiger partial charge in [0, 0.05) is 49.0 Å². The largest absolute Gasteiger partial charge is 0.456 e. The van der Waals surface area contributed by atoms with Gasteiger partial charge in [-0.05, 0) is 69.1 Å². The zero-order valence-corrected chi connectivity index (χ0v) is 29.9. The van der Waals surface area contributed by atoms with Gasteiger partial charge in [0.25, 0.3) is 0 Å². The second-order valence-electron chi connectivity index (χ2n) is 14.3. The molecule has 0 saturated heterocycles. The first kappa shape index (κ1) is 30.8. The molecule has 0 amide bonds. The zero-order valence-electron chi connectivity index (χ0n) is 29.9. The molecule has 3 aromatic heterocycles. The quantitative estimate of drug-likeness (QED) is 0.170. The van der Waals surface area contributed by atoms with Gasteiger partial charge in [-0.1, -0.05) is 140 Å². The third-order valence-corrected chi connectivity index (χ3v) is 11.1. The molecule has 12 aromatic rings. The number of rotatable bonds is 4. The summed E-state index contributed by atoms with van der Waals surface area (Å²) < 4.78 is 12.9. The van der Waals surface area contributed by atoms with Gasteiger partial charge in [-0.15, -0.1) is 0 Å². The second-order valence-corrected chi connectivity index (χ2v) is 14.3. The molecular formula is C51H29N3O2. The Labute approximate surface area is 320 Å². The first-order valence-electron chi connectivity index (χ1n) is 18.8. The topological polar surface area (TPSA) is 65.0 Å². The average molecular weight is 716 g/mol. The van der Waals surface area contributed by atoms with Gasteiger partial charge in [-0.3, -0.25) is 0 Å². The van der Waals surface area contributed by atoms with Crippen LogP contribution >= 0.6 is 0 Å². The van der Waals surface area contributed by atoms with Crippen molar-refractivity contribution in [3.63, 3.8) is 0 Å². The minimum absolute atomic E-state index is 0.587. The maximum absolute atomic E-state index is 6.58. The molecule has 0 bridgehead atoms. The summed E-state index contributed by atoms with van der Waals surface area (Å²) in [7, 11) is 0. The van der Waals surface area contributed by atoms with Crippen molar-refractivity contribution in [2.24, 2.45) is 0 Å². The summed E-state index contributed by atoms with van der Waals surface area (Å²) in [4.78, 5) is 15.6. The molecule has 0 aliphatic rings. The minimum atomic E-state index is 0.587. The Morgan fingerprint density at radius 1 is 0.304 bits per heavy atom. The lowest BCUT2D eigenvalue weighted by atomic mass is 9.92. The lowest BCUT2D eigenvalue weighted by molar-refractivity contribution is 0.669. The molecule has 12 rings (SSSR count). The Morgan fingerprint density at radius 2 is 0.875 bits per heavy atom. The molecule has 0 fully saturated rings. The van der Waals surface area contributed by atoms with Crippen molar-refractivity contribution in [1.29, 1.82) is 0 Å². The van der Waals surface area contributed by atoms with Crippen LogP contribution in [-0.4, -0.2) is 15.0 Å². The molecule has 0 unspecified atom stereocenters. The van der Waals surface area contributed by atoms with Crippen LogP contribution in [0.4, 0.5) is 0 Å². The Kier molecular flexibility index (Phi) is 6.56. The fourth-order valence-electron chi connectivity index (χ4n) is 8.55. The number of furan rings is 2. The summed E-state index contributed by atoms with van der Waals surface area (Å²) in [5, 5.41) is 11.2. The summed E-state index contributed by atoms with van der Waals surface area (Å²) in [6.07, 6.45) is 0. The molecule has 260 valence electrons. The average Bonchev–Trinajstić information content (AvgIpc) is 3.86. The van der Waals surface area contributed by atoms with Gasteiger partial charge in [0.15, 0.2) is 17.5 Å². The van der Waals surface area contributed by atoms with E-state index in [0.29, 0.717) is 17.5 Å². The molecule has 9 aromatic carbocycles. The molecule has 56 heavy (non-hydrogen) atoms. The van der Waals surface area contributed by atoms with Gasteiger partial charge in [0.1, 0.15) is 22.3 Å². The summed E-state index contributed by atoms with van der Waals surface area (Å²) in [5.41, 5.74) is 8.36. The summed E-state index contributed by atoms with van der Waals surface area (Å²) in [5.74, 6) is 1.79. The molecule has 0 aliphatic heterocycles. The van der Waals surface area contributed by atoms with E-state index >= 15 is 0 Å². The smallest absolute Gasteiger partial charge is 0.164 e. The molecule has 5 nitrogen and oxygen atoms in total. The SMILES string of the molecule is c1ccc(-c2cccc(-c3nc(-c4ccc5c(ccc6c7oc8ccccc8c7c7ccccc7c56)c4)nc(-c4cccc5oc6ccccc6c45)n3)c2)cc1. The number of hydrogen-bond acceptors (Lipinski definition) is 5.